The summed E-state index contributed by atoms with van der Waals surface area (Å²) in [4.78, 5) is 20.7. The van der Waals surface area contributed by atoms with Gasteiger partial charge in [0, 0.05) is 63.2 Å². The van der Waals surface area contributed by atoms with Gasteiger partial charge in [-0.2, -0.15) is 9.61 Å². The number of aryl methyl sites for hydroxylation is 1. The van der Waals surface area contributed by atoms with Gasteiger partial charge in [-0.15, -0.1) is 0 Å². The summed E-state index contributed by atoms with van der Waals surface area (Å²) in [6.07, 6.45) is 3.80. The lowest BCUT2D eigenvalue weighted by Crippen LogP contribution is -2.48. The van der Waals surface area contributed by atoms with Crippen LogP contribution in [0, 0.1) is 6.92 Å². The van der Waals surface area contributed by atoms with Gasteiger partial charge in [0.2, 0.25) is 5.91 Å². The molecule has 0 bridgehead atoms. The third kappa shape index (κ3) is 3.91. The van der Waals surface area contributed by atoms with Crippen LogP contribution in [0.1, 0.15) is 12.5 Å². The minimum absolute atomic E-state index is 0.145. The van der Waals surface area contributed by atoms with Crippen molar-refractivity contribution < 1.29 is 4.79 Å². The molecule has 0 unspecified atom stereocenters. The van der Waals surface area contributed by atoms with Crippen LogP contribution in [0.3, 0.4) is 0 Å². The molecule has 0 radical (unpaired) electrons. The van der Waals surface area contributed by atoms with E-state index in [1.54, 1.807) is 6.92 Å². The van der Waals surface area contributed by atoms with Gasteiger partial charge in [-0.3, -0.25) is 4.79 Å². The van der Waals surface area contributed by atoms with Gasteiger partial charge < -0.3 is 15.1 Å². The Kier molecular flexibility index (Phi) is 5.46. The number of carbonyl (C=O) groups is 1. The van der Waals surface area contributed by atoms with Gasteiger partial charge in [-0.25, -0.2) is 4.98 Å². The summed E-state index contributed by atoms with van der Waals surface area (Å²) in [6, 6.07) is 16.9. The fraction of sp³-hybridized carbons (Fsp3) is 0.269. The normalized spacial score (nSPS) is 14.0. The molecule has 2 aromatic carbocycles. The molecule has 2 aromatic heterocycles. The van der Waals surface area contributed by atoms with E-state index in [4.69, 9.17) is 4.98 Å². The van der Waals surface area contributed by atoms with Crippen LogP contribution in [0.4, 0.5) is 11.5 Å². The molecule has 1 fully saturated rings. The van der Waals surface area contributed by atoms with E-state index in [2.05, 4.69) is 70.8 Å². The third-order valence-electron chi connectivity index (χ3n) is 6.37. The number of nitrogens with one attached hydrogen (secondary N) is 1. The second-order valence-electron chi connectivity index (χ2n) is 8.47. The molecule has 0 atom stereocenters. The SMILES string of the molecule is CNc1c(-c2ccc(C)cc2)cnc2c(-c3cccc(N4CCN(C(C)=O)CC4)c3)cnn12. The van der Waals surface area contributed by atoms with Crippen LogP contribution in [0.15, 0.2) is 60.9 Å². The van der Waals surface area contributed by atoms with Crippen molar-refractivity contribution in [2.45, 2.75) is 13.8 Å². The maximum atomic E-state index is 11.6. The zero-order valence-electron chi connectivity index (χ0n) is 19.2. The standard InChI is InChI=1S/C26H28N6O/c1-18-7-9-20(10-8-18)23-16-28-26-24(17-29-32(26)25(23)27-3)21-5-4-6-22(15-21)31-13-11-30(12-14-31)19(2)33/h4-10,15-17,27H,11-14H2,1-3H3. The number of rotatable bonds is 4. The van der Waals surface area contributed by atoms with Crippen molar-refractivity contribution in [2.75, 3.05) is 43.4 Å². The smallest absolute Gasteiger partial charge is 0.219 e. The highest BCUT2D eigenvalue weighted by Gasteiger charge is 2.20. The number of aromatic nitrogens is 3. The Morgan fingerprint density at radius 1 is 0.939 bits per heavy atom. The van der Waals surface area contributed by atoms with Crippen LogP contribution in [-0.4, -0.2) is 58.6 Å². The third-order valence-corrected chi connectivity index (χ3v) is 6.37. The van der Waals surface area contributed by atoms with Crippen molar-refractivity contribution in [1.29, 1.82) is 0 Å². The fourth-order valence-electron chi connectivity index (χ4n) is 4.47. The molecule has 0 saturated carbocycles. The molecule has 33 heavy (non-hydrogen) atoms. The van der Waals surface area contributed by atoms with Crippen LogP contribution in [-0.2, 0) is 4.79 Å². The van der Waals surface area contributed by atoms with E-state index in [1.165, 1.54) is 5.56 Å². The van der Waals surface area contributed by atoms with Crippen LogP contribution in [0.5, 0.6) is 0 Å². The quantitative estimate of drug-likeness (QED) is 0.518. The van der Waals surface area contributed by atoms with Crippen molar-refractivity contribution in [3.05, 3.63) is 66.5 Å². The minimum atomic E-state index is 0.145. The molecule has 1 N–H and O–H groups in total. The Morgan fingerprint density at radius 2 is 1.70 bits per heavy atom. The van der Waals surface area contributed by atoms with Crippen LogP contribution in [0.2, 0.25) is 0 Å². The predicted molar refractivity (Wildman–Crippen MR) is 133 cm³/mol. The fourth-order valence-corrected chi connectivity index (χ4v) is 4.47. The number of anilines is 2. The van der Waals surface area contributed by atoms with E-state index >= 15 is 0 Å². The summed E-state index contributed by atoms with van der Waals surface area (Å²) >= 11 is 0. The first-order valence-corrected chi connectivity index (χ1v) is 11.3. The highest BCUT2D eigenvalue weighted by molar-refractivity contribution is 5.84. The number of carbonyl (C=O) groups excluding carboxylic acids is 1. The Labute approximate surface area is 193 Å². The Balaban J connectivity index is 1.49. The van der Waals surface area contributed by atoms with Gasteiger partial charge in [0.15, 0.2) is 5.65 Å². The maximum Gasteiger partial charge on any atom is 0.219 e. The van der Waals surface area contributed by atoms with Crippen molar-refractivity contribution in [3.63, 3.8) is 0 Å². The largest absolute Gasteiger partial charge is 0.372 e. The first-order valence-electron chi connectivity index (χ1n) is 11.3. The molecule has 7 nitrogen and oxygen atoms in total. The molecule has 4 aromatic rings. The summed E-state index contributed by atoms with van der Waals surface area (Å²) < 4.78 is 1.88. The monoisotopic (exact) mass is 440 g/mol. The number of fused-ring (bicyclic) bond motifs is 1. The number of piperazine rings is 1. The summed E-state index contributed by atoms with van der Waals surface area (Å²) in [7, 11) is 1.91. The van der Waals surface area contributed by atoms with Gasteiger partial charge in [0.25, 0.3) is 0 Å². The van der Waals surface area contributed by atoms with Gasteiger partial charge in [-0.1, -0.05) is 42.0 Å². The molecule has 0 spiro atoms. The summed E-state index contributed by atoms with van der Waals surface area (Å²) in [5.74, 6) is 1.05. The van der Waals surface area contributed by atoms with Crippen molar-refractivity contribution in [2.24, 2.45) is 0 Å². The molecule has 0 aliphatic carbocycles. The highest BCUT2D eigenvalue weighted by atomic mass is 16.2. The molecule has 1 aliphatic heterocycles. The topological polar surface area (TPSA) is 65.8 Å². The lowest BCUT2D eigenvalue weighted by atomic mass is 10.1. The summed E-state index contributed by atoms with van der Waals surface area (Å²) in [5.41, 5.74) is 7.37. The summed E-state index contributed by atoms with van der Waals surface area (Å²) in [5, 5.41) is 7.99. The highest BCUT2D eigenvalue weighted by Crippen LogP contribution is 2.33. The molecule has 5 rings (SSSR count). The number of amides is 1. The van der Waals surface area contributed by atoms with Crippen LogP contribution in [0.25, 0.3) is 27.9 Å². The zero-order valence-corrected chi connectivity index (χ0v) is 19.2. The molecular formula is C26H28N6O. The van der Waals surface area contributed by atoms with Crippen molar-refractivity contribution in [3.8, 4) is 22.3 Å². The molecule has 3 heterocycles. The maximum absolute atomic E-state index is 11.6. The Morgan fingerprint density at radius 3 is 2.39 bits per heavy atom. The van der Waals surface area contributed by atoms with E-state index in [-0.39, 0.29) is 5.91 Å². The Bertz CT molecular complexity index is 1300. The van der Waals surface area contributed by atoms with E-state index in [1.807, 2.05) is 28.9 Å². The first kappa shape index (κ1) is 21.0. The molecule has 1 amide bonds. The van der Waals surface area contributed by atoms with Crippen LogP contribution < -0.4 is 10.2 Å². The Hall–Kier alpha value is -3.87. The predicted octanol–water partition coefficient (Wildman–Crippen LogP) is 4.08. The molecular weight excluding hydrogens is 412 g/mol. The lowest BCUT2D eigenvalue weighted by molar-refractivity contribution is -0.129. The van der Waals surface area contributed by atoms with Gasteiger partial charge in [0.1, 0.15) is 5.82 Å². The summed E-state index contributed by atoms with van der Waals surface area (Å²) in [6.45, 7) is 6.90. The van der Waals surface area contributed by atoms with Gasteiger partial charge >= 0.3 is 0 Å². The second kappa shape index (κ2) is 8.58. The number of benzene rings is 2. The second-order valence-corrected chi connectivity index (χ2v) is 8.47. The van der Waals surface area contributed by atoms with E-state index in [0.717, 1.165) is 65.6 Å². The van der Waals surface area contributed by atoms with E-state index in [9.17, 15) is 4.79 Å². The van der Waals surface area contributed by atoms with Crippen molar-refractivity contribution in [1.82, 2.24) is 19.5 Å². The lowest BCUT2D eigenvalue weighted by Gasteiger charge is -2.35. The van der Waals surface area contributed by atoms with Crippen molar-refractivity contribution >= 4 is 23.1 Å². The van der Waals surface area contributed by atoms with E-state index in [0.29, 0.717) is 0 Å². The molecule has 1 aliphatic rings. The molecule has 1 saturated heterocycles. The van der Waals surface area contributed by atoms with Crippen LogP contribution >= 0.6 is 0 Å². The number of hydrogen-bond donors (Lipinski definition) is 1. The molecule has 7 heteroatoms. The minimum Gasteiger partial charge on any atom is -0.372 e. The first-order chi connectivity index (χ1) is 16.0. The number of hydrogen-bond acceptors (Lipinski definition) is 5. The zero-order chi connectivity index (χ0) is 22.9. The van der Waals surface area contributed by atoms with Gasteiger partial charge in [-0.05, 0) is 30.2 Å². The van der Waals surface area contributed by atoms with Gasteiger partial charge in [0.05, 0.1) is 6.20 Å². The average Bonchev–Trinajstić information content (AvgIpc) is 3.28. The molecule has 168 valence electrons. The average molecular weight is 441 g/mol. The van der Waals surface area contributed by atoms with E-state index < -0.39 is 0 Å². The number of nitrogens with zero attached hydrogens (tertiary/aromatic N) is 5.